The number of nitrogens with one attached hydrogen (secondary N) is 2. The average Bonchev–Trinajstić information content (AvgIpc) is 2.65. The first kappa shape index (κ1) is 20.6. The van der Waals surface area contributed by atoms with Crippen molar-refractivity contribution in [1.82, 2.24) is 25.3 Å². The molecule has 2 aliphatic heterocycles. The molecule has 0 bridgehead atoms. The second kappa shape index (κ2) is 7.85. The molecule has 2 aliphatic rings. The van der Waals surface area contributed by atoms with Gasteiger partial charge in [0.1, 0.15) is 17.4 Å². The lowest BCUT2D eigenvalue weighted by Gasteiger charge is -2.46. The molecule has 0 atom stereocenters. The van der Waals surface area contributed by atoms with Crippen LogP contribution in [0, 0.1) is 0 Å². The Balaban J connectivity index is 1.71. The van der Waals surface area contributed by atoms with E-state index in [0.29, 0.717) is 19.3 Å². The number of ether oxygens (including phenoxy) is 1. The zero-order valence-corrected chi connectivity index (χ0v) is 18.8. The molecule has 0 aliphatic carbocycles. The maximum Gasteiger partial charge on any atom is 0.190 e. The van der Waals surface area contributed by atoms with Crippen LogP contribution in [-0.2, 0) is 4.74 Å². The first-order chi connectivity index (χ1) is 13.8. The van der Waals surface area contributed by atoms with Gasteiger partial charge in [0, 0.05) is 30.2 Å². The molecule has 4 heterocycles. The van der Waals surface area contributed by atoms with Gasteiger partial charge in [0.2, 0.25) is 0 Å². The first-order valence-corrected chi connectivity index (χ1v) is 11.4. The zero-order valence-electron chi connectivity index (χ0n) is 17.9. The van der Waals surface area contributed by atoms with Crippen molar-refractivity contribution in [2.45, 2.75) is 62.8 Å². The van der Waals surface area contributed by atoms with E-state index < -0.39 is 0 Å². The number of hydrogen-bond acceptors (Lipinski definition) is 9. The lowest BCUT2D eigenvalue weighted by Crippen LogP contribution is -2.60. The van der Waals surface area contributed by atoms with Crippen LogP contribution in [0.5, 0.6) is 0 Å². The highest BCUT2D eigenvalue weighted by molar-refractivity contribution is 7.98. The number of nitrogens with zero attached hydrogens (tertiary/aromatic N) is 5. The normalized spacial score (nSPS) is 22.0. The molecular formula is C20H31N7OS. The van der Waals surface area contributed by atoms with Crippen LogP contribution < -0.4 is 15.5 Å². The highest BCUT2D eigenvalue weighted by Crippen LogP contribution is 2.33. The van der Waals surface area contributed by atoms with E-state index >= 15 is 0 Å². The van der Waals surface area contributed by atoms with Gasteiger partial charge < -0.3 is 20.3 Å². The molecule has 2 aromatic rings. The second-order valence-corrected chi connectivity index (χ2v) is 9.97. The van der Waals surface area contributed by atoms with Gasteiger partial charge in [-0.15, -0.1) is 0 Å². The molecule has 0 unspecified atom stereocenters. The van der Waals surface area contributed by atoms with Crippen molar-refractivity contribution in [3.63, 3.8) is 0 Å². The van der Waals surface area contributed by atoms with Crippen molar-refractivity contribution < 1.29 is 4.74 Å². The van der Waals surface area contributed by atoms with Crippen LogP contribution in [0.25, 0.3) is 11.0 Å². The summed E-state index contributed by atoms with van der Waals surface area (Å²) in [6.45, 7) is 12.0. The summed E-state index contributed by atoms with van der Waals surface area (Å²) >= 11 is 1.54. The molecule has 29 heavy (non-hydrogen) atoms. The Morgan fingerprint density at radius 3 is 2.41 bits per heavy atom. The summed E-state index contributed by atoms with van der Waals surface area (Å²) in [5.74, 6) is 1.67. The van der Waals surface area contributed by atoms with Crippen molar-refractivity contribution in [2.24, 2.45) is 0 Å². The molecule has 0 saturated carbocycles. The zero-order chi connectivity index (χ0) is 20.6. The highest BCUT2D eigenvalue weighted by Gasteiger charge is 2.38. The van der Waals surface area contributed by atoms with Crippen LogP contribution in [0.2, 0.25) is 0 Å². The van der Waals surface area contributed by atoms with Gasteiger partial charge in [-0.2, -0.15) is 0 Å². The van der Waals surface area contributed by atoms with Crippen LogP contribution in [0.1, 0.15) is 40.5 Å². The number of anilines is 2. The third-order valence-corrected chi connectivity index (χ3v) is 6.02. The SMILES string of the molecule is CSc1nc(N2CCOCC2)c2ncnc(NC3CC(C)(C)NC(C)(C)C3)c2n1. The number of morpholine rings is 1. The van der Waals surface area contributed by atoms with Gasteiger partial charge in [0.05, 0.1) is 13.2 Å². The predicted molar refractivity (Wildman–Crippen MR) is 118 cm³/mol. The minimum atomic E-state index is 0.0562. The quantitative estimate of drug-likeness (QED) is 0.576. The molecule has 0 amide bonds. The molecule has 0 spiro atoms. The Morgan fingerprint density at radius 2 is 1.76 bits per heavy atom. The van der Waals surface area contributed by atoms with Gasteiger partial charge >= 0.3 is 0 Å². The molecule has 9 heteroatoms. The summed E-state index contributed by atoms with van der Waals surface area (Å²) in [6, 6.07) is 0.305. The van der Waals surface area contributed by atoms with E-state index in [1.165, 1.54) is 0 Å². The fraction of sp³-hybridized carbons (Fsp3) is 0.700. The van der Waals surface area contributed by atoms with Crippen LogP contribution in [-0.4, -0.2) is 69.6 Å². The van der Waals surface area contributed by atoms with Crippen LogP contribution in [0.3, 0.4) is 0 Å². The molecule has 0 aromatic carbocycles. The topological polar surface area (TPSA) is 88.1 Å². The summed E-state index contributed by atoms with van der Waals surface area (Å²) in [4.78, 5) is 20.9. The van der Waals surface area contributed by atoms with Crippen LogP contribution in [0.15, 0.2) is 11.5 Å². The van der Waals surface area contributed by atoms with Crippen molar-refractivity contribution in [3.8, 4) is 0 Å². The van der Waals surface area contributed by atoms with Crippen molar-refractivity contribution in [3.05, 3.63) is 6.33 Å². The molecule has 8 nitrogen and oxygen atoms in total. The van der Waals surface area contributed by atoms with E-state index in [4.69, 9.17) is 14.7 Å². The second-order valence-electron chi connectivity index (χ2n) is 9.20. The maximum absolute atomic E-state index is 5.51. The van der Waals surface area contributed by atoms with E-state index in [-0.39, 0.29) is 11.1 Å². The van der Waals surface area contributed by atoms with Gasteiger partial charge in [-0.3, -0.25) is 0 Å². The summed E-state index contributed by atoms with van der Waals surface area (Å²) in [7, 11) is 0. The van der Waals surface area contributed by atoms with Crippen molar-refractivity contribution in [2.75, 3.05) is 42.8 Å². The van der Waals surface area contributed by atoms with Crippen LogP contribution in [0.4, 0.5) is 11.6 Å². The van der Waals surface area contributed by atoms with Gasteiger partial charge in [0.15, 0.2) is 16.8 Å². The molecule has 2 N–H and O–H groups in total. The number of thioether (sulfide) groups is 1. The Labute approximate surface area is 176 Å². The first-order valence-electron chi connectivity index (χ1n) is 10.2. The van der Waals surface area contributed by atoms with Gasteiger partial charge in [-0.25, -0.2) is 19.9 Å². The van der Waals surface area contributed by atoms with Gasteiger partial charge in [0.25, 0.3) is 0 Å². The standard InChI is InChI=1S/C20H31N7OS/c1-19(2)10-13(11-20(3,4)26-19)23-16-14-15(21-12-22-16)17(25-18(24-14)29-5)27-6-8-28-9-7-27/h12-13,26H,6-11H2,1-5H3,(H,21,22,23). The lowest BCUT2D eigenvalue weighted by atomic mass is 9.79. The Bertz CT molecular complexity index is 867. The Morgan fingerprint density at radius 1 is 1.07 bits per heavy atom. The predicted octanol–water partition coefficient (Wildman–Crippen LogP) is 2.70. The van der Waals surface area contributed by atoms with Gasteiger partial charge in [-0.1, -0.05) is 11.8 Å². The Kier molecular flexibility index (Phi) is 5.56. The van der Waals surface area contributed by atoms with Crippen LogP contribution >= 0.6 is 11.8 Å². The maximum atomic E-state index is 5.51. The smallest absolute Gasteiger partial charge is 0.190 e. The van der Waals surface area contributed by atoms with E-state index in [9.17, 15) is 0 Å². The number of fused-ring (bicyclic) bond motifs is 1. The molecule has 0 radical (unpaired) electrons. The lowest BCUT2D eigenvalue weighted by molar-refractivity contribution is 0.122. The summed E-state index contributed by atoms with van der Waals surface area (Å²) < 4.78 is 5.51. The van der Waals surface area contributed by atoms with E-state index in [1.54, 1.807) is 18.1 Å². The Hall–Kier alpha value is -1.71. The van der Waals surface area contributed by atoms with Gasteiger partial charge in [-0.05, 0) is 46.8 Å². The minimum absolute atomic E-state index is 0.0562. The fourth-order valence-corrected chi connectivity index (χ4v) is 5.08. The minimum Gasteiger partial charge on any atom is -0.378 e. The van der Waals surface area contributed by atoms with Crippen molar-refractivity contribution >= 4 is 34.4 Å². The molecule has 2 fully saturated rings. The van der Waals surface area contributed by atoms with E-state index in [2.05, 4.69) is 53.2 Å². The number of rotatable bonds is 4. The monoisotopic (exact) mass is 417 g/mol. The molecule has 2 saturated heterocycles. The number of hydrogen-bond donors (Lipinski definition) is 2. The molecule has 158 valence electrons. The molecule has 2 aromatic heterocycles. The molecular weight excluding hydrogens is 386 g/mol. The molecule has 4 rings (SSSR count). The van der Waals surface area contributed by atoms with Crippen molar-refractivity contribution in [1.29, 1.82) is 0 Å². The summed E-state index contributed by atoms with van der Waals surface area (Å²) in [5, 5.41) is 8.16. The largest absolute Gasteiger partial charge is 0.378 e. The fourth-order valence-electron chi connectivity index (χ4n) is 4.72. The average molecular weight is 418 g/mol. The third-order valence-electron chi connectivity index (χ3n) is 5.47. The summed E-state index contributed by atoms with van der Waals surface area (Å²) in [5.41, 5.74) is 1.71. The third kappa shape index (κ3) is 4.57. The number of piperidine rings is 1. The summed E-state index contributed by atoms with van der Waals surface area (Å²) in [6.07, 6.45) is 5.64. The van der Waals surface area contributed by atoms with E-state index in [0.717, 1.165) is 53.8 Å². The number of aromatic nitrogens is 4. The van der Waals surface area contributed by atoms with E-state index in [1.807, 2.05) is 6.26 Å². The highest BCUT2D eigenvalue weighted by atomic mass is 32.2.